The third kappa shape index (κ3) is 3.32. The van der Waals surface area contributed by atoms with E-state index in [1.165, 1.54) is 7.11 Å². The van der Waals surface area contributed by atoms with Gasteiger partial charge in [0.25, 0.3) is 0 Å². The molecule has 1 heterocycles. The molecule has 4 nitrogen and oxygen atoms in total. The quantitative estimate of drug-likeness (QED) is 0.649. The van der Waals surface area contributed by atoms with Crippen molar-refractivity contribution in [2.45, 2.75) is 25.4 Å². The van der Waals surface area contributed by atoms with Gasteiger partial charge in [-0.2, -0.15) is 0 Å². The highest BCUT2D eigenvalue weighted by Crippen LogP contribution is 2.19. The summed E-state index contributed by atoms with van der Waals surface area (Å²) in [6.45, 7) is 1.17. The van der Waals surface area contributed by atoms with Crippen molar-refractivity contribution < 1.29 is 19.4 Å². The topological polar surface area (TPSA) is 55.8 Å². The van der Waals surface area contributed by atoms with Gasteiger partial charge in [-0.1, -0.05) is 0 Å². The first-order valence-electron chi connectivity index (χ1n) is 4.56. The Hall–Kier alpha value is -0.610. The monoisotopic (exact) mass is 188 g/mol. The summed E-state index contributed by atoms with van der Waals surface area (Å²) in [5, 5.41) is 9.52. The van der Waals surface area contributed by atoms with Gasteiger partial charge in [0, 0.05) is 18.9 Å². The maximum Gasteiger partial charge on any atom is 0.305 e. The fourth-order valence-electron chi connectivity index (χ4n) is 1.47. The van der Waals surface area contributed by atoms with Crippen molar-refractivity contribution >= 4 is 5.97 Å². The number of carbonyl (C=O) groups is 1. The van der Waals surface area contributed by atoms with Crippen LogP contribution in [0.4, 0.5) is 0 Å². The Morgan fingerprint density at radius 1 is 1.69 bits per heavy atom. The zero-order valence-electron chi connectivity index (χ0n) is 7.86. The molecule has 13 heavy (non-hydrogen) atoms. The Morgan fingerprint density at radius 3 is 3.08 bits per heavy atom. The van der Waals surface area contributed by atoms with Gasteiger partial charge in [-0.3, -0.25) is 4.79 Å². The third-order valence-electron chi connectivity index (χ3n) is 2.38. The molecule has 0 spiro atoms. The standard InChI is InChI=1S/C9H16O4/c1-12-9(11)3-2-7-6-13-5-4-8(7)10/h7-8,10H,2-6H2,1H3/t7-,8-/m0/s1. The van der Waals surface area contributed by atoms with Gasteiger partial charge >= 0.3 is 5.97 Å². The predicted molar refractivity (Wildman–Crippen MR) is 46.2 cm³/mol. The first-order chi connectivity index (χ1) is 6.24. The summed E-state index contributed by atoms with van der Waals surface area (Å²) in [5.41, 5.74) is 0. The second-order valence-corrected chi connectivity index (χ2v) is 3.31. The van der Waals surface area contributed by atoms with E-state index in [4.69, 9.17) is 4.74 Å². The predicted octanol–water partition coefficient (Wildman–Crippen LogP) is 0.337. The van der Waals surface area contributed by atoms with E-state index in [1.54, 1.807) is 0 Å². The van der Waals surface area contributed by atoms with Crippen molar-refractivity contribution in [3.8, 4) is 0 Å². The molecule has 1 rings (SSSR count). The summed E-state index contributed by atoms with van der Waals surface area (Å²) in [6, 6.07) is 0. The van der Waals surface area contributed by atoms with Crippen LogP contribution in [0.25, 0.3) is 0 Å². The van der Waals surface area contributed by atoms with Crippen molar-refractivity contribution in [1.82, 2.24) is 0 Å². The summed E-state index contributed by atoms with van der Waals surface area (Å²) in [4.78, 5) is 10.8. The summed E-state index contributed by atoms with van der Waals surface area (Å²) in [6.07, 6.45) is 1.36. The van der Waals surface area contributed by atoms with Gasteiger partial charge in [0.2, 0.25) is 0 Å². The van der Waals surface area contributed by atoms with Crippen LogP contribution in [-0.2, 0) is 14.3 Å². The van der Waals surface area contributed by atoms with E-state index < -0.39 is 0 Å². The van der Waals surface area contributed by atoms with E-state index in [2.05, 4.69) is 4.74 Å². The van der Waals surface area contributed by atoms with Gasteiger partial charge in [0.1, 0.15) is 0 Å². The largest absolute Gasteiger partial charge is 0.469 e. The van der Waals surface area contributed by atoms with E-state index in [9.17, 15) is 9.90 Å². The Morgan fingerprint density at radius 2 is 2.46 bits per heavy atom. The average molecular weight is 188 g/mol. The third-order valence-corrected chi connectivity index (χ3v) is 2.38. The average Bonchev–Trinajstić information content (AvgIpc) is 2.16. The number of esters is 1. The molecule has 0 aromatic carbocycles. The second-order valence-electron chi connectivity index (χ2n) is 3.31. The minimum Gasteiger partial charge on any atom is -0.469 e. The molecule has 1 saturated heterocycles. The lowest BCUT2D eigenvalue weighted by Gasteiger charge is -2.27. The van der Waals surface area contributed by atoms with Crippen molar-refractivity contribution in [2.24, 2.45) is 5.92 Å². The highest BCUT2D eigenvalue weighted by Gasteiger charge is 2.24. The first-order valence-corrected chi connectivity index (χ1v) is 4.56. The van der Waals surface area contributed by atoms with E-state index in [-0.39, 0.29) is 18.0 Å². The molecular weight excluding hydrogens is 172 g/mol. The normalized spacial score (nSPS) is 28.5. The molecule has 1 N–H and O–H groups in total. The number of ether oxygens (including phenoxy) is 2. The van der Waals surface area contributed by atoms with Crippen LogP contribution in [-0.4, -0.2) is 37.5 Å². The number of methoxy groups -OCH3 is 1. The molecule has 0 amide bonds. The number of hydrogen-bond acceptors (Lipinski definition) is 4. The van der Waals surface area contributed by atoms with E-state index >= 15 is 0 Å². The minimum atomic E-state index is -0.321. The Labute approximate surface area is 77.8 Å². The SMILES string of the molecule is COC(=O)CC[C@H]1COCC[C@@H]1O. The van der Waals surface area contributed by atoms with Crippen LogP contribution in [0.1, 0.15) is 19.3 Å². The number of aliphatic hydroxyl groups excluding tert-OH is 1. The number of aliphatic hydroxyl groups is 1. The highest BCUT2D eigenvalue weighted by atomic mass is 16.5. The zero-order chi connectivity index (χ0) is 9.68. The molecule has 0 aromatic rings. The highest BCUT2D eigenvalue weighted by molar-refractivity contribution is 5.69. The van der Waals surface area contributed by atoms with Crippen LogP contribution in [0.2, 0.25) is 0 Å². The van der Waals surface area contributed by atoms with Crippen LogP contribution in [0.3, 0.4) is 0 Å². The maximum atomic E-state index is 10.8. The fourth-order valence-corrected chi connectivity index (χ4v) is 1.47. The summed E-state index contributed by atoms with van der Waals surface area (Å²) in [7, 11) is 1.37. The molecule has 0 bridgehead atoms. The number of rotatable bonds is 3. The molecule has 0 radical (unpaired) electrons. The van der Waals surface area contributed by atoms with Crippen LogP contribution in [0.15, 0.2) is 0 Å². The lowest BCUT2D eigenvalue weighted by Crippen LogP contribution is -2.32. The zero-order valence-corrected chi connectivity index (χ0v) is 7.86. The smallest absolute Gasteiger partial charge is 0.305 e. The molecule has 0 aliphatic carbocycles. The van der Waals surface area contributed by atoms with Gasteiger partial charge in [-0.25, -0.2) is 0 Å². The van der Waals surface area contributed by atoms with Gasteiger partial charge < -0.3 is 14.6 Å². The first kappa shape index (κ1) is 10.5. The van der Waals surface area contributed by atoms with E-state index in [1.807, 2.05) is 0 Å². The maximum absolute atomic E-state index is 10.8. The fraction of sp³-hybridized carbons (Fsp3) is 0.889. The molecule has 4 heteroatoms. The molecule has 1 aliphatic heterocycles. The minimum absolute atomic E-state index is 0.0906. The van der Waals surface area contributed by atoms with Gasteiger partial charge in [-0.15, -0.1) is 0 Å². The van der Waals surface area contributed by atoms with Crippen molar-refractivity contribution in [3.63, 3.8) is 0 Å². The lowest BCUT2D eigenvalue weighted by atomic mass is 9.94. The number of hydrogen-bond donors (Lipinski definition) is 1. The Kier molecular flexibility index (Phi) is 4.18. The van der Waals surface area contributed by atoms with Crippen molar-refractivity contribution in [3.05, 3.63) is 0 Å². The number of carbonyl (C=O) groups excluding carboxylic acids is 1. The lowest BCUT2D eigenvalue weighted by molar-refractivity contribution is -0.141. The van der Waals surface area contributed by atoms with Crippen LogP contribution in [0.5, 0.6) is 0 Å². The van der Waals surface area contributed by atoms with E-state index in [0.717, 1.165) is 0 Å². The van der Waals surface area contributed by atoms with Crippen LogP contribution in [0, 0.1) is 5.92 Å². The molecule has 76 valence electrons. The summed E-state index contributed by atoms with van der Waals surface area (Å²) >= 11 is 0. The van der Waals surface area contributed by atoms with Crippen molar-refractivity contribution in [1.29, 1.82) is 0 Å². The Balaban J connectivity index is 2.22. The molecule has 0 aromatic heterocycles. The molecule has 1 aliphatic rings. The van der Waals surface area contributed by atoms with Gasteiger partial charge in [-0.05, 0) is 12.8 Å². The summed E-state index contributed by atoms with van der Waals surface area (Å²) < 4.78 is 9.72. The summed E-state index contributed by atoms with van der Waals surface area (Å²) in [5.74, 6) is -0.134. The molecule has 0 saturated carbocycles. The van der Waals surface area contributed by atoms with Crippen LogP contribution < -0.4 is 0 Å². The second kappa shape index (κ2) is 5.19. The molecule has 0 unspecified atom stereocenters. The van der Waals surface area contributed by atoms with Crippen LogP contribution >= 0.6 is 0 Å². The Bertz CT molecular complexity index is 169. The van der Waals surface area contributed by atoms with E-state index in [0.29, 0.717) is 32.5 Å². The van der Waals surface area contributed by atoms with Gasteiger partial charge in [0.15, 0.2) is 0 Å². The van der Waals surface area contributed by atoms with Crippen molar-refractivity contribution in [2.75, 3.05) is 20.3 Å². The molecule has 1 fully saturated rings. The van der Waals surface area contributed by atoms with Gasteiger partial charge in [0.05, 0.1) is 19.8 Å². The molecule has 2 atom stereocenters. The molecular formula is C9H16O4.